The number of nitrogens with zero attached hydrogens (tertiary/aromatic N) is 1. The molecule has 3 heteroatoms. The Morgan fingerprint density at radius 1 is 1.38 bits per heavy atom. The molecular weight excluding hydrogens is 166 g/mol. The molecule has 1 fully saturated rings. The molecule has 78 valence electrons. The van der Waals surface area contributed by atoms with E-state index in [4.69, 9.17) is 9.57 Å². The third-order valence-electron chi connectivity index (χ3n) is 2.38. The molecule has 0 aromatic carbocycles. The van der Waals surface area contributed by atoms with E-state index in [0.717, 1.165) is 32.6 Å². The van der Waals surface area contributed by atoms with Gasteiger partial charge in [0.25, 0.3) is 0 Å². The highest BCUT2D eigenvalue weighted by molar-refractivity contribution is 4.70. The number of hydrogen-bond donors (Lipinski definition) is 0. The first-order valence-corrected chi connectivity index (χ1v) is 5.12. The van der Waals surface area contributed by atoms with Crippen LogP contribution in [-0.2, 0) is 9.57 Å². The van der Waals surface area contributed by atoms with Crippen molar-refractivity contribution in [3.8, 4) is 0 Å². The lowest BCUT2D eigenvalue weighted by Crippen LogP contribution is -2.40. The minimum atomic E-state index is 0.557. The zero-order valence-corrected chi connectivity index (χ0v) is 8.95. The molecule has 1 aliphatic rings. The second-order valence-electron chi connectivity index (χ2n) is 4.02. The molecule has 0 radical (unpaired) electrons. The minimum Gasteiger partial charge on any atom is -0.381 e. The first-order valence-electron chi connectivity index (χ1n) is 5.12. The second-order valence-corrected chi connectivity index (χ2v) is 4.02. The van der Waals surface area contributed by atoms with E-state index in [1.54, 1.807) is 7.11 Å². The topological polar surface area (TPSA) is 21.7 Å². The van der Waals surface area contributed by atoms with Crippen LogP contribution in [-0.4, -0.2) is 38.0 Å². The van der Waals surface area contributed by atoms with E-state index in [-0.39, 0.29) is 0 Å². The summed E-state index contributed by atoms with van der Waals surface area (Å²) in [4.78, 5) is 5.38. The van der Waals surface area contributed by atoms with Gasteiger partial charge in [-0.05, 0) is 18.8 Å². The Kier molecular flexibility index (Phi) is 4.70. The van der Waals surface area contributed by atoms with E-state index < -0.39 is 0 Å². The summed E-state index contributed by atoms with van der Waals surface area (Å²) in [5.74, 6) is 0.655. The molecule has 1 heterocycles. The minimum absolute atomic E-state index is 0.557. The Bertz CT molecular complexity index is 133. The van der Waals surface area contributed by atoms with Crippen molar-refractivity contribution >= 4 is 0 Å². The Morgan fingerprint density at radius 2 is 2.00 bits per heavy atom. The van der Waals surface area contributed by atoms with Gasteiger partial charge in [-0.3, -0.25) is 0 Å². The van der Waals surface area contributed by atoms with Crippen LogP contribution in [0.25, 0.3) is 0 Å². The molecule has 13 heavy (non-hydrogen) atoms. The van der Waals surface area contributed by atoms with Gasteiger partial charge in [0.15, 0.2) is 0 Å². The number of ether oxygens (including phenoxy) is 1. The normalized spacial score (nSPS) is 20.1. The van der Waals surface area contributed by atoms with Gasteiger partial charge >= 0.3 is 0 Å². The summed E-state index contributed by atoms with van der Waals surface area (Å²) >= 11 is 0. The van der Waals surface area contributed by atoms with Crippen LogP contribution in [0.15, 0.2) is 0 Å². The summed E-state index contributed by atoms with van der Waals surface area (Å²) in [7, 11) is 1.76. The van der Waals surface area contributed by atoms with Gasteiger partial charge in [-0.2, -0.15) is 5.06 Å². The maximum Gasteiger partial charge on any atom is 0.0575 e. The maximum absolute atomic E-state index is 5.38. The van der Waals surface area contributed by atoms with Gasteiger partial charge in [-0.1, -0.05) is 13.8 Å². The van der Waals surface area contributed by atoms with Crippen LogP contribution in [0.3, 0.4) is 0 Å². The molecule has 0 amide bonds. The average Bonchev–Trinajstić information content (AvgIpc) is 2.15. The molecule has 1 rings (SSSR count). The largest absolute Gasteiger partial charge is 0.381 e. The number of hydrogen-bond acceptors (Lipinski definition) is 3. The molecule has 0 spiro atoms. The van der Waals surface area contributed by atoms with E-state index in [2.05, 4.69) is 18.9 Å². The monoisotopic (exact) mass is 187 g/mol. The fraction of sp³-hybridized carbons (Fsp3) is 1.00. The fourth-order valence-corrected chi connectivity index (χ4v) is 1.71. The third-order valence-corrected chi connectivity index (χ3v) is 2.38. The zero-order chi connectivity index (χ0) is 9.68. The third kappa shape index (κ3) is 3.63. The van der Waals surface area contributed by atoms with Crippen molar-refractivity contribution in [2.45, 2.75) is 32.7 Å². The van der Waals surface area contributed by atoms with Crippen LogP contribution in [0.2, 0.25) is 0 Å². The lowest BCUT2D eigenvalue weighted by Gasteiger charge is -2.33. The first-order chi connectivity index (χ1) is 6.24. The summed E-state index contributed by atoms with van der Waals surface area (Å²) in [6, 6.07) is 0.557. The predicted molar refractivity (Wildman–Crippen MR) is 52.4 cm³/mol. The maximum atomic E-state index is 5.38. The lowest BCUT2D eigenvalue weighted by molar-refractivity contribution is -0.183. The van der Waals surface area contributed by atoms with E-state index in [9.17, 15) is 0 Å². The van der Waals surface area contributed by atoms with E-state index in [0.29, 0.717) is 12.0 Å². The van der Waals surface area contributed by atoms with Crippen LogP contribution in [0, 0.1) is 5.92 Å². The summed E-state index contributed by atoms with van der Waals surface area (Å²) in [5, 5.41) is 2.10. The molecule has 0 aromatic heterocycles. The Morgan fingerprint density at radius 3 is 2.46 bits per heavy atom. The van der Waals surface area contributed by atoms with Crippen molar-refractivity contribution in [1.82, 2.24) is 5.06 Å². The molecule has 3 nitrogen and oxygen atoms in total. The molecule has 0 unspecified atom stereocenters. The van der Waals surface area contributed by atoms with Gasteiger partial charge in [-0.15, -0.1) is 0 Å². The number of rotatable bonds is 4. The highest BCUT2D eigenvalue weighted by Crippen LogP contribution is 2.15. The summed E-state index contributed by atoms with van der Waals surface area (Å²) in [5.41, 5.74) is 0. The molecular formula is C10H21NO2. The fourth-order valence-electron chi connectivity index (χ4n) is 1.71. The number of hydroxylamine groups is 2. The van der Waals surface area contributed by atoms with Crippen LogP contribution in [0.5, 0.6) is 0 Å². The molecule has 0 N–H and O–H groups in total. The van der Waals surface area contributed by atoms with E-state index >= 15 is 0 Å². The van der Waals surface area contributed by atoms with Crippen molar-refractivity contribution in [2.24, 2.45) is 5.92 Å². The molecule has 0 atom stereocenters. The average molecular weight is 187 g/mol. The quantitative estimate of drug-likeness (QED) is 0.625. The molecule has 0 bridgehead atoms. The highest BCUT2D eigenvalue weighted by Gasteiger charge is 2.21. The smallest absolute Gasteiger partial charge is 0.0575 e. The standard InChI is InChI=1S/C10H21NO2/c1-9(2)8-11(12-3)10-4-6-13-7-5-10/h9-10H,4-8H2,1-3H3. The van der Waals surface area contributed by atoms with Gasteiger partial charge in [0, 0.05) is 25.8 Å². The van der Waals surface area contributed by atoms with Crippen molar-refractivity contribution in [3.05, 3.63) is 0 Å². The van der Waals surface area contributed by atoms with Gasteiger partial charge in [0.1, 0.15) is 0 Å². The second kappa shape index (κ2) is 5.58. The first kappa shape index (κ1) is 11.0. The van der Waals surface area contributed by atoms with Crippen molar-refractivity contribution in [3.63, 3.8) is 0 Å². The van der Waals surface area contributed by atoms with E-state index in [1.165, 1.54) is 0 Å². The zero-order valence-electron chi connectivity index (χ0n) is 8.95. The van der Waals surface area contributed by atoms with Crippen molar-refractivity contribution in [1.29, 1.82) is 0 Å². The van der Waals surface area contributed by atoms with Crippen LogP contribution in [0.1, 0.15) is 26.7 Å². The summed E-state index contributed by atoms with van der Waals surface area (Å²) < 4.78 is 5.32. The molecule has 0 aliphatic carbocycles. The Hall–Kier alpha value is -0.120. The predicted octanol–water partition coefficient (Wildman–Crippen LogP) is 1.68. The lowest BCUT2D eigenvalue weighted by atomic mass is 10.1. The van der Waals surface area contributed by atoms with Crippen molar-refractivity contribution < 1.29 is 9.57 Å². The van der Waals surface area contributed by atoms with Crippen molar-refractivity contribution in [2.75, 3.05) is 26.9 Å². The van der Waals surface area contributed by atoms with Gasteiger partial charge < -0.3 is 9.57 Å². The molecule has 0 aromatic rings. The highest BCUT2D eigenvalue weighted by atomic mass is 16.7. The van der Waals surface area contributed by atoms with Crippen LogP contribution >= 0.6 is 0 Å². The Labute approximate surface area is 81.0 Å². The molecule has 1 saturated heterocycles. The van der Waals surface area contributed by atoms with Crippen LogP contribution in [0.4, 0.5) is 0 Å². The molecule has 1 aliphatic heterocycles. The summed E-state index contributed by atoms with van der Waals surface area (Å²) in [6.07, 6.45) is 2.20. The Balaban J connectivity index is 2.34. The van der Waals surface area contributed by atoms with Gasteiger partial charge in [0.2, 0.25) is 0 Å². The van der Waals surface area contributed by atoms with Crippen LogP contribution < -0.4 is 0 Å². The summed E-state index contributed by atoms with van der Waals surface area (Å²) in [6.45, 7) is 7.20. The SMILES string of the molecule is CON(CC(C)C)C1CCOCC1. The molecule has 0 saturated carbocycles. The van der Waals surface area contributed by atoms with E-state index in [1.807, 2.05) is 0 Å². The van der Waals surface area contributed by atoms with Gasteiger partial charge in [0.05, 0.1) is 7.11 Å². The van der Waals surface area contributed by atoms with Gasteiger partial charge in [-0.25, -0.2) is 0 Å².